The molecule has 1 N–H and O–H groups in total. The van der Waals surface area contributed by atoms with Crippen LogP contribution in [0.4, 0.5) is 9.52 Å². The van der Waals surface area contributed by atoms with E-state index in [1.807, 2.05) is 24.3 Å². The molecule has 0 saturated carbocycles. The van der Waals surface area contributed by atoms with Crippen molar-refractivity contribution in [3.8, 4) is 0 Å². The minimum absolute atomic E-state index is 0.103. The predicted molar refractivity (Wildman–Crippen MR) is 100.0 cm³/mol. The van der Waals surface area contributed by atoms with Crippen LogP contribution in [0.3, 0.4) is 0 Å². The third-order valence-electron chi connectivity index (χ3n) is 3.91. The first kappa shape index (κ1) is 17.5. The van der Waals surface area contributed by atoms with Gasteiger partial charge in [-0.05, 0) is 24.3 Å². The maximum absolute atomic E-state index is 14.0. The van der Waals surface area contributed by atoms with Crippen LogP contribution in [0.15, 0.2) is 48.5 Å². The van der Waals surface area contributed by atoms with Gasteiger partial charge < -0.3 is 4.90 Å². The van der Waals surface area contributed by atoms with Crippen molar-refractivity contribution in [1.82, 2.24) is 4.98 Å². The number of halogens is 1. The molecule has 0 aliphatic rings. The van der Waals surface area contributed by atoms with Crippen molar-refractivity contribution in [2.75, 3.05) is 32.1 Å². The number of benzene rings is 2. The first-order chi connectivity index (χ1) is 12.1. The molecule has 3 rings (SSSR count). The van der Waals surface area contributed by atoms with Crippen molar-refractivity contribution in [3.63, 3.8) is 0 Å². The highest BCUT2D eigenvalue weighted by molar-refractivity contribution is 7.22. The van der Waals surface area contributed by atoms with E-state index in [0.717, 1.165) is 17.7 Å². The first-order valence-electron chi connectivity index (χ1n) is 8.27. The zero-order valence-electron chi connectivity index (χ0n) is 14.3. The van der Waals surface area contributed by atoms with E-state index >= 15 is 0 Å². The Kier molecular flexibility index (Phi) is 5.40. The van der Waals surface area contributed by atoms with Gasteiger partial charge in [-0.25, -0.2) is 9.37 Å². The number of quaternary nitrogens is 1. The van der Waals surface area contributed by atoms with Gasteiger partial charge in [-0.15, -0.1) is 0 Å². The van der Waals surface area contributed by atoms with Crippen LogP contribution in [-0.2, 0) is 0 Å². The van der Waals surface area contributed by atoms with Crippen molar-refractivity contribution >= 4 is 32.6 Å². The highest BCUT2D eigenvalue weighted by Gasteiger charge is 2.22. The van der Waals surface area contributed by atoms with E-state index in [2.05, 4.69) is 19.1 Å². The maximum Gasteiger partial charge on any atom is 0.260 e. The fourth-order valence-corrected chi connectivity index (χ4v) is 3.63. The SMILES string of the molecule is C[NH+](C)CCCN(C(=O)c1ccccc1)c1nc2c(F)cccc2s1. The van der Waals surface area contributed by atoms with Gasteiger partial charge in [0.25, 0.3) is 5.91 Å². The smallest absolute Gasteiger partial charge is 0.260 e. The van der Waals surface area contributed by atoms with Crippen molar-refractivity contribution in [3.05, 3.63) is 59.9 Å². The molecule has 0 bridgehead atoms. The Bertz CT molecular complexity index is 863. The van der Waals surface area contributed by atoms with Crippen molar-refractivity contribution in [2.24, 2.45) is 0 Å². The Morgan fingerprint density at radius 1 is 1.16 bits per heavy atom. The van der Waals surface area contributed by atoms with Gasteiger partial charge in [0.1, 0.15) is 11.3 Å². The number of nitrogens with one attached hydrogen (secondary N) is 1. The number of para-hydroxylation sites is 1. The summed E-state index contributed by atoms with van der Waals surface area (Å²) in [6.45, 7) is 1.50. The van der Waals surface area contributed by atoms with Crippen LogP contribution in [0.2, 0.25) is 0 Å². The molecule has 6 heteroatoms. The fraction of sp³-hybridized carbons (Fsp3) is 0.263. The minimum Gasteiger partial charge on any atom is -0.340 e. The lowest BCUT2D eigenvalue weighted by Gasteiger charge is -2.20. The lowest BCUT2D eigenvalue weighted by molar-refractivity contribution is -0.858. The number of anilines is 1. The zero-order chi connectivity index (χ0) is 17.8. The molecule has 0 atom stereocenters. The molecule has 0 aliphatic carbocycles. The Morgan fingerprint density at radius 2 is 1.92 bits per heavy atom. The third kappa shape index (κ3) is 4.03. The van der Waals surface area contributed by atoms with Crippen molar-refractivity contribution < 1.29 is 14.1 Å². The van der Waals surface area contributed by atoms with Crippen LogP contribution in [-0.4, -0.2) is 38.1 Å². The molecular formula is C19H21FN3OS+. The summed E-state index contributed by atoms with van der Waals surface area (Å²) in [5.74, 6) is -0.460. The van der Waals surface area contributed by atoms with Crippen LogP contribution in [0, 0.1) is 5.82 Å². The predicted octanol–water partition coefficient (Wildman–Crippen LogP) is 2.62. The molecule has 130 valence electrons. The lowest BCUT2D eigenvalue weighted by atomic mass is 10.2. The van der Waals surface area contributed by atoms with Crippen molar-refractivity contribution in [1.29, 1.82) is 0 Å². The van der Waals surface area contributed by atoms with Crippen LogP contribution in [0.25, 0.3) is 10.2 Å². The number of amides is 1. The van der Waals surface area contributed by atoms with E-state index in [9.17, 15) is 9.18 Å². The van der Waals surface area contributed by atoms with Crippen LogP contribution < -0.4 is 9.80 Å². The molecule has 3 aromatic rings. The Morgan fingerprint density at radius 3 is 2.60 bits per heavy atom. The number of thiazole rings is 1. The summed E-state index contributed by atoms with van der Waals surface area (Å²) < 4.78 is 14.7. The molecule has 0 unspecified atom stereocenters. The molecule has 0 saturated heterocycles. The standard InChI is InChI=1S/C19H20FN3OS/c1-22(2)12-7-13-23(18(24)14-8-4-3-5-9-14)19-21-17-15(20)10-6-11-16(17)25-19/h3-6,8-11H,7,12-13H2,1-2H3/p+1. The molecular weight excluding hydrogens is 337 g/mol. The summed E-state index contributed by atoms with van der Waals surface area (Å²) in [7, 11) is 4.16. The Hall–Kier alpha value is -2.31. The van der Waals surface area contributed by atoms with E-state index in [0.29, 0.717) is 22.8 Å². The van der Waals surface area contributed by atoms with Gasteiger partial charge in [0.05, 0.1) is 25.3 Å². The Balaban J connectivity index is 1.94. The number of hydrogen-bond acceptors (Lipinski definition) is 3. The van der Waals surface area contributed by atoms with Gasteiger partial charge in [0.2, 0.25) is 0 Å². The van der Waals surface area contributed by atoms with Gasteiger partial charge >= 0.3 is 0 Å². The average molecular weight is 358 g/mol. The summed E-state index contributed by atoms with van der Waals surface area (Å²) >= 11 is 1.35. The second-order valence-electron chi connectivity index (χ2n) is 6.22. The molecule has 1 aromatic heterocycles. The van der Waals surface area contributed by atoms with Gasteiger partial charge in [0, 0.05) is 18.5 Å². The Labute approximate surface area is 150 Å². The summed E-state index contributed by atoms with van der Waals surface area (Å²) in [6.07, 6.45) is 0.847. The van der Waals surface area contributed by atoms with Crippen LogP contribution in [0.5, 0.6) is 0 Å². The van der Waals surface area contributed by atoms with E-state index in [1.165, 1.54) is 22.3 Å². The van der Waals surface area contributed by atoms with Gasteiger partial charge in [-0.3, -0.25) is 9.69 Å². The fourth-order valence-electron chi connectivity index (χ4n) is 2.63. The van der Waals surface area contributed by atoms with E-state index in [-0.39, 0.29) is 11.7 Å². The number of aromatic nitrogens is 1. The number of hydrogen-bond donors (Lipinski definition) is 1. The highest BCUT2D eigenvalue weighted by Crippen LogP contribution is 2.31. The summed E-state index contributed by atoms with van der Waals surface area (Å²) in [4.78, 5) is 20.4. The number of nitrogens with zero attached hydrogens (tertiary/aromatic N) is 2. The molecule has 4 nitrogen and oxygen atoms in total. The van der Waals surface area contributed by atoms with E-state index < -0.39 is 0 Å². The molecule has 1 amide bonds. The lowest BCUT2D eigenvalue weighted by Crippen LogP contribution is -3.05. The highest BCUT2D eigenvalue weighted by atomic mass is 32.1. The monoisotopic (exact) mass is 358 g/mol. The van der Waals surface area contributed by atoms with Crippen molar-refractivity contribution in [2.45, 2.75) is 6.42 Å². The minimum atomic E-state index is -0.357. The van der Waals surface area contributed by atoms with Crippen LogP contribution >= 0.6 is 11.3 Å². The second-order valence-corrected chi connectivity index (χ2v) is 7.23. The van der Waals surface area contributed by atoms with Gasteiger partial charge in [0.15, 0.2) is 5.13 Å². The summed E-state index contributed by atoms with van der Waals surface area (Å²) in [5, 5.41) is 0.544. The number of carbonyl (C=O) groups excluding carboxylic acids is 1. The summed E-state index contributed by atoms with van der Waals surface area (Å²) in [6, 6.07) is 14.0. The summed E-state index contributed by atoms with van der Waals surface area (Å²) in [5.41, 5.74) is 0.936. The molecule has 1 heterocycles. The zero-order valence-corrected chi connectivity index (χ0v) is 15.1. The maximum atomic E-state index is 14.0. The molecule has 0 spiro atoms. The first-order valence-corrected chi connectivity index (χ1v) is 9.09. The van der Waals surface area contributed by atoms with Gasteiger partial charge in [-0.1, -0.05) is 35.6 Å². The number of rotatable bonds is 6. The molecule has 25 heavy (non-hydrogen) atoms. The van der Waals surface area contributed by atoms with Crippen LogP contribution in [0.1, 0.15) is 16.8 Å². The quantitative estimate of drug-likeness (QED) is 0.736. The van der Waals surface area contributed by atoms with E-state index in [1.54, 1.807) is 23.1 Å². The number of carbonyl (C=O) groups is 1. The number of fused-ring (bicyclic) bond motifs is 1. The topological polar surface area (TPSA) is 37.6 Å². The van der Waals surface area contributed by atoms with Gasteiger partial charge in [-0.2, -0.15) is 0 Å². The largest absolute Gasteiger partial charge is 0.340 e. The molecule has 2 aromatic carbocycles. The van der Waals surface area contributed by atoms with E-state index in [4.69, 9.17) is 0 Å². The molecule has 0 radical (unpaired) electrons. The average Bonchev–Trinajstić information content (AvgIpc) is 3.04. The second kappa shape index (κ2) is 7.72. The normalized spacial score (nSPS) is 11.2. The third-order valence-corrected chi connectivity index (χ3v) is 4.96. The molecule has 0 aliphatic heterocycles. The molecule has 0 fully saturated rings.